The summed E-state index contributed by atoms with van der Waals surface area (Å²) in [6.07, 6.45) is 1.75. The number of nitrogens with one attached hydrogen (secondary N) is 1. The zero-order valence-corrected chi connectivity index (χ0v) is 14.9. The van der Waals surface area contributed by atoms with Gasteiger partial charge in [-0.1, -0.05) is 52.2 Å². The highest BCUT2D eigenvalue weighted by Crippen LogP contribution is 2.32. The zero-order chi connectivity index (χ0) is 17.3. The molecule has 3 aromatic rings. The van der Waals surface area contributed by atoms with Gasteiger partial charge in [-0.3, -0.25) is 9.78 Å². The first kappa shape index (κ1) is 17.1. The lowest BCUT2D eigenvalue weighted by molar-refractivity contribution is 0.451. The van der Waals surface area contributed by atoms with Gasteiger partial charge in [-0.15, -0.1) is 0 Å². The summed E-state index contributed by atoms with van der Waals surface area (Å²) in [4.78, 5) is 17.7. The Kier molecular flexibility index (Phi) is 5.01. The number of hydrogen-bond acceptors (Lipinski definition) is 5. The number of H-pyrrole nitrogens is 1. The van der Waals surface area contributed by atoms with Gasteiger partial charge in [-0.05, 0) is 23.8 Å². The maximum atomic E-state index is 11.2. The number of rotatable bonds is 4. The quantitative estimate of drug-likeness (QED) is 0.651. The van der Waals surface area contributed by atoms with Crippen molar-refractivity contribution in [1.29, 1.82) is 0 Å². The van der Waals surface area contributed by atoms with Crippen molar-refractivity contribution in [1.82, 2.24) is 9.97 Å². The molecule has 2 N–H and O–H groups in total. The summed E-state index contributed by atoms with van der Waals surface area (Å²) in [5, 5.41) is 10.8. The van der Waals surface area contributed by atoms with Gasteiger partial charge in [-0.2, -0.15) is 0 Å². The van der Waals surface area contributed by atoms with Crippen molar-refractivity contribution in [3.05, 3.63) is 65.6 Å². The van der Waals surface area contributed by atoms with E-state index >= 15 is 0 Å². The molecule has 5 nitrogen and oxygen atoms in total. The summed E-state index contributed by atoms with van der Waals surface area (Å²) in [7, 11) is 0. The van der Waals surface area contributed by atoms with Crippen LogP contribution in [-0.2, 0) is 6.42 Å². The molecular formula is C15H9Cl3N2O3S. The number of aromatic nitrogens is 2. The molecule has 9 heteroatoms. The van der Waals surface area contributed by atoms with Crippen LogP contribution in [0.15, 0.2) is 35.3 Å². The number of benzene rings is 1. The van der Waals surface area contributed by atoms with E-state index in [0.717, 1.165) is 16.9 Å². The van der Waals surface area contributed by atoms with Gasteiger partial charge < -0.3 is 9.84 Å². The molecule has 0 amide bonds. The highest BCUT2D eigenvalue weighted by Gasteiger charge is 2.12. The van der Waals surface area contributed by atoms with E-state index in [1.54, 1.807) is 18.2 Å². The molecule has 0 fully saturated rings. The molecule has 1 aromatic carbocycles. The summed E-state index contributed by atoms with van der Waals surface area (Å²) < 4.78 is 5.59. The van der Waals surface area contributed by atoms with E-state index in [4.69, 9.17) is 39.5 Å². The molecule has 124 valence electrons. The number of hydrogen-bond donors (Lipinski definition) is 2. The van der Waals surface area contributed by atoms with Crippen LogP contribution in [-0.4, -0.2) is 15.1 Å². The lowest BCUT2D eigenvalue weighted by Crippen LogP contribution is -1.92. The largest absolute Gasteiger partial charge is 0.494 e. The fourth-order valence-corrected chi connectivity index (χ4v) is 3.37. The second-order valence-electron chi connectivity index (χ2n) is 4.76. The molecule has 0 saturated carbocycles. The Labute approximate surface area is 155 Å². The minimum atomic E-state index is -0.318. The smallest absolute Gasteiger partial charge is 0.307 e. The van der Waals surface area contributed by atoms with Gasteiger partial charge in [0.1, 0.15) is 10.8 Å². The summed E-state index contributed by atoms with van der Waals surface area (Å²) in [5.74, 6) is 0.525. The first-order valence-corrected chi connectivity index (χ1v) is 8.55. The maximum Gasteiger partial charge on any atom is 0.307 e. The van der Waals surface area contributed by atoms with Crippen LogP contribution in [0.2, 0.25) is 15.1 Å². The Morgan fingerprint density at radius 1 is 1.21 bits per heavy atom. The number of ether oxygens (including phenoxy) is 1. The van der Waals surface area contributed by atoms with Crippen LogP contribution in [0.4, 0.5) is 0 Å². The monoisotopic (exact) mass is 402 g/mol. The van der Waals surface area contributed by atoms with E-state index in [1.165, 1.54) is 12.3 Å². The van der Waals surface area contributed by atoms with E-state index in [2.05, 4.69) is 9.97 Å². The molecular weight excluding hydrogens is 395 g/mol. The molecule has 24 heavy (non-hydrogen) atoms. The summed E-state index contributed by atoms with van der Waals surface area (Å²) in [5.41, 5.74) is 0.740. The maximum absolute atomic E-state index is 11.2. The highest BCUT2D eigenvalue weighted by molar-refractivity contribution is 7.09. The lowest BCUT2D eigenvalue weighted by Gasteiger charge is -2.09. The Balaban J connectivity index is 1.82. The van der Waals surface area contributed by atoms with Crippen molar-refractivity contribution in [3.8, 4) is 17.5 Å². The normalized spacial score (nSPS) is 10.8. The predicted molar refractivity (Wildman–Crippen MR) is 95.2 cm³/mol. The molecule has 0 aliphatic rings. The summed E-state index contributed by atoms with van der Waals surface area (Å²) in [6, 6.07) is 6.57. The van der Waals surface area contributed by atoms with Gasteiger partial charge in [0.25, 0.3) is 0 Å². The van der Waals surface area contributed by atoms with Crippen molar-refractivity contribution in [2.24, 2.45) is 0 Å². The van der Waals surface area contributed by atoms with Crippen LogP contribution < -0.4 is 9.61 Å². The van der Waals surface area contributed by atoms with Crippen molar-refractivity contribution in [2.45, 2.75) is 6.42 Å². The van der Waals surface area contributed by atoms with Crippen LogP contribution >= 0.6 is 46.1 Å². The number of halogens is 3. The first-order chi connectivity index (χ1) is 11.4. The Bertz CT molecular complexity index is 955. The SMILES string of the molecule is O=c1[nH]c(O)c(Cc2ccc(Oc3ncc(Cl)cc3Cl)cc2Cl)s1. The third kappa shape index (κ3) is 3.84. The van der Waals surface area contributed by atoms with Crippen molar-refractivity contribution in [3.63, 3.8) is 0 Å². The van der Waals surface area contributed by atoms with Crippen LogP contribution in [0, 0.1) is 0 Å². The van der Waals surface area contributed by atoms with E-state index in [-0.39, 0.29) is 21.7 Å². The molecule has 0 aliphatic heterocycles. The average Bonchev–Trinajstić information content (AvgIpc) is 2.82. The minimum Gasteiger partial charge on any atom is -0.494 e. The van der Waals surface area contributed by atoms with Gasteiger partial charge >= 0.3 is 4.87 Å². The minimum absolute atomic E-state index is 0.140. The Morgan fingerprint density at radius 2 is 2.00 bits per heavy atom. The predicted octanol–water partition coefficient (Wildman–Crippen LogP) is 4.88. The van der Waals surface area contributed by atoms with Gasteiger partial charge in [0, 0.05) is 17.6 Å². The molecule has 2 aromatic heterocycles. The second kappa shape index (κ2) is 7.03. The van der Waals surface area contributed by atoms with Crippen molar-refractivity contribution < 1.29 is 9.84 Å². The van der Waals surface area contributed by atoms with Crippen molar-refractivity contribution in [2.75, 3.05) is 0 Å². The molecule has 0 radical (unpaired) electrons. The van der Waals surface area contributed by atoms with Crippen LogP contribution in [0.1, 0.15) is 10.4 Å². The molecule has 3 rings (SSSR count). The standard InChI is InChI=1S/C15H9Cl3N2O3S/c16-8-4-11(18)14(19-6-8)23-9-2-1-7(10(17)5-9)3-12-13(21)20-15(22)24-12/h1-2,4-6,21H,3H2,(H,20,22). The first-order valence-electron chi connectivity index (χ1n) is 6.60. The van der Waals surface area contributed by atoms with Crippen LogP contribution in [0.25, 0.3) is 0 Å². The number of aromatic amines is 1. The molecule has 2 heterocycles. The van der Waals surface area contributed by atoms with E-state index in [9.17, 15) is 9.90 Å². The zero-order valence-electron chi connectivity index (χ0n) is 11.8. The molecule has 0 bridgehead atoms. The number of thiazole rings is 1. The number of nitrogens with zero attached hydrogens (tertiary/aromatic N) is 1. The number of aromatic hydroxyl groups is 1. The third-order valence-corrected chi connectivity index (χ3v) is 4.77. The second-order valence-corrected chi connectivity index (χ2v) is 7.08. The fraction of sp³-hybridized carbons (Fsp3) is 0.0667. The molecule has 0 aliphatic carbocycles. The summed E-state index contributed by atoms with van der Waals surface area (Å²) >= 11 is 19.0. The molecule has 0 unspecified atom stereocenters. The Hall–Kier alpha value is -1.73. The van der Waals surface area contributed by atoms with Crippen molar-refractivity contribution >= 4 is 46.1 Å². The van der Waals surface area contributed by atoms with Gasteiger partial charge in [0.05, 0.1) is 9.90 Å². The molecule has 0 spiro atoms. The Morgan fingerprint density at radius 3 is 2.62 bits per heavy atom. The highest BCUT2D eigenvalue weighted by atomic mass is 35.5. The summed E-state index contributed by atoms with van der Waals surface area (Å²) in [6.45, 7) is 0. The third-order valence-electron chi connectivity index (χ3n) is 3.06. The van der Waals surface area contributed by atoms with Gasteiger partial charge in [-0.25, -0.2) is 4.98 Å². The molecule has 0 atom stereocenters. The van der Waals surface area contributed by atoms with Crippen LogP contribution in [0.3, 0.4) is 0 Å². The average molecular weight is 404 g/mol. The van der Waals surface area contributed by atoms with Gasteiger partial charge in [0.2, 0.25) is 11.8 Å². The molecule has 0 saturated heterocycles. The van der Waals surface area contributed by atoms with E-state index < -0.39 is 0 Å². The van der Waals surface area contributed by atoms with Gasteiger partial charge in [0.15, 0.2) is 0 Å². The van der Waals surface area contributed by atoms with Crippen LogP contribution in [0.5, 0.6) is 17.5 Å². The number of pyridine rings is 1. The fourth-order valence-electron chi connectivity index (χ4n) is 1.97. The van der Waals surface area contributed by atoms with E-state index in [0.29, 0.717) is 27.1 Å². The topological polar surface area (TPSA) is 75.2 Å². The van der Waals surface area contributed by atoms with E-state index in [1.807, 2.05) is 0 Å². The lowest BCUT2D eigenvalue weighted by atomic mass is 10.1.